The predicted molar refractivity (Wildman–Crippen MR) is 85.6 cm³/mol. The van der Waals surface area contributed by atoms with E-state index in [0.717, 1.165) is 16.2 Å². The number of carbonyl (C=O) groups excluding carboxylic acids is 2. The summed E-state index contributed by atoms with van der Waals surface area (Å²) in [7, 11) is 0. The molecule has 0 saturated carbocycles. The fourth-order valence-electron chi connectivity index (χ4n) is 1.79. The molecular formula is C15H14ClN3O5. The van der Waals surface area contributed by atoms with E-state index >= 15 is 0 Å². The molecule has 0 atom stereocenters. The minimum Gasteiger partial charge on any atom is -0.454 e. The second-order valence-electron chi connectivity index (χ2n) is 4.77. The summed E-state index contributed by atoms with van der Waals surface area (Å²) in [4.78, 5) is 47.6. The van der Waals surface area contributed by atoms with Crippen LogP contribution in [0.15, 0.2) is 46.1 Å². The van der Waals surface area contributed by atoms with Gasteiger partial charge in [0.05, 0.1) is 0 Å². The molecule has 2 N–H and O–H groups in total. The number of aromatic amines is 1. The lowest BCUT2D eigenvalue weighted by atomic mass is 10.2. The van der Waals surface area contributed by atoms with Gasteiger partial charge in [0.15, 0.2) is 6.61 Å². The summed E-state index contributed by atoms with van der Waals surface area (Å²) < 4.78 is 5.74. The molecule has 0 aliphatic heterocycles. The molecule has 0 unspecified atom stereocenters. The van der Waals surface area contributed by atoms with Crippen molar-refractivity contribution in [3.8, 4) is 0 Å². The highest BCUT2D eigenvalue weighted by atomic mass is 35.5. The number of hydrogen-bond donors (Lipinski definition) is 2. The van der Waals surface area contributed by atoms with Crippen molar-refractivity contribution in [2.45, 2.75) is 13.1 Å². The van der Waals surface area contributed by atoms with E-state index in [1.807, 2.05) is 4.98 Å². The highest BCUT2D eigenvalue weighted by Gasteiger charge is 2.10. The van der Waals surface area contributed by atoms with Crippen LogP contribution in [-0.4, -0.2) is 28.0 Å². The maximum Gasteiger partial charge on any atom is 0.328 e. The molecular weight excluding hydrogens is 338 g/mol. The SMILES string of the molecule is O=C(COC(=O)Cn1ccc(=O)[nH]c1=O)NCc1ccccc1Cl. The lowest BCUT2D eigenvalue weighted by Crippen LogP contribution is -2.33. The Bertz CT molecular complexity index is 858. The van der Waals surface area contributed by atoms with E-state index in [1.54, 1.807) is 24.3 Å². The Morgan fingerprint density at radius 3 is 2.67 bits per heavy atom. The standard InChI is InChI=1S/C15H14ClN3O5/c16-11-4-2-1-3-10(11)7-17-13(21)9-24-14(22)8-19-6-5-12(20)18-15(19)23/h1-6H,7-9H2,(H,17,21)(H,18,20,23). The van der Waals surface area contributed by atoms with Crippen LogP contribution in [-0.2, 0) is 27.4 Å². The number of carbonyl (C=O) groups is 2. The van der Waals surface area contributed by atoms with Crippen LogP contribution >= 0.6 is 11.6 Å². The van der Waals surface area contributed by atoms with Crippen LogP contribution < -0.4 is 16.6 Å². The zero-order chi connectivity index (χ0) is 17.5. The molecule has 9 heteroatoms. The van der Waals surface area contributed by atoms with Gasteiger partial charge < -0.3 is 10.1 Å². The Kier molecular flexibility index (Phi) is 5.91. The highest BCUT2D eigenvalue weighted by Crippen LogP contribution is 2.14. The van der Waals surface area contributed by atoms with Gasteiger partial charge in [-0.2, -0.15) is 0 Å². The van der Waals surface area contributed by atoms with Gasteiger partial charge in [-0.15, -0.1) is 0 Å². The summed E-state index contributed by atoms with van der Waals surface area (Å²) >= 11 is 5.96. The van der Waals surface area contributed by atoms with Gasteiger partial charge in [-0.3, -0.25) is 23.9 Å². The normalized spacial score (nSPS) is 10.2. The number of nitrogens with zero attached hydrogens (tertiary/aromatic N) is 1. The third kappa shape index (κ3) is 5.10. The van der Waals surface area contributed by atoms with E-state index < -0.39 is 36.3 Å². The van der Waals surface area contributed by atoms with Gasteiger partial charge in [-0.05, 0) is 11.6 Å². The van der Waals surface area contributed by atoms with Crippen molar-refractivity contribution in [3.63, 3.8) is 0 Å². The lowest BCUT2D eigenvalue weighted by Gasteiger charge is -2.08. The van der Waals surface area contributed by atoms with Gasteiger partial charge in [0.2, 0.25) is 0 Å². The van der Waals surface area contributed by atoms with Crippen molar-refractivity contribution in [3.05, 3.63) is 68.0 Å². The zero-order valence-electron chi connectivity index (χ0n) is 12.5. The summed E-state index contributed by atoms with van der Waals surface area (Å²) in [6.45, 7) is -0.690. The smallest absolute Gasteiger partial charge is 0.328 e. The Morgan fingerprint density at radius 2 is 1.96 bits per heavy atom. The molecule has 2 rings (SSSR count). The quantitative estimate of drug-likeness (QED) is 0.714. The van der Waals surface area contributed by atoms with E-state index in [-0.39, 0.29) is 6.54 Å². The molecule has 8 nitrogen and oxygen atoms in total. The van der Waals surface area contributed by atoms with Gasteiger partial charge in [-0.1, -0.05) is 29.8 Å². The second kappa shape index (κ2) is 8.11. The van der Waals surface area contributed by atoms with Crippen molar-refractivity contribution >= 4 is 23.5 Å². The van der Waals surface area contributed by atoms with Crippen molar-refractivity contribution in [1.82, 2.24) is 14.9 Å². The number of hydrogen-bond acceptors (Lipinski definition) is 5. The van der Waals surface area contributed by atoms with Crippen LogP contribution in [0.1, 0.15) is 5.56 Å². The number of nitrogens with one attached hydrogen (secondary N) is 2. The Balaban J connectivity index is 1.79. The monoisotopic (exact) mass is 351 g/mol. The van der Waals surface area contributed by atoms with Crippen LogP contribution in [0, 0.1) is 0 Å². The van der Waals surface area contributed by atoms with Gasteiger partial charge >= 0.3 is 11.7 Å². The van der Waals surface area contributed by atoms with Crippen molar-refractivity contribution in [2.24, 2.45) is 0 Å². The number of amides is 1. The van der Waals surface area contributed by atoms with Crippen molar-refractivity contribution in [2.75, 3.05) is 6.61 Å². The van der Waals surface area contributed by atoms with Crippen LogP contribution in [0.25, 0.3) is 0 Å². The molecule has 0 bridgehead atoms. The summed E-state index contributed by atoms with van der Waals surface area (Å²) in [6.07, 6.45) is 1.17. The molecule has 1 aromatic heterocycles. The Morgan fingerprint density at radius 1 is 1.21 bits per heavy atom. The maximum atomic E-state index is 11.6. The molecule has 0 spiro atoms. The van der Waals surface area contributed by atoms with Gasteiger partial charge in [0, 0.05) is 23.8 Å². The first-order valence-electron chi connectivity index (χ1n) is 6.91. The number of aromatic nitrogens is 2. The molecule has 0 fully saturated rings. The van der Waals surface area contributed by atoms with E-state index in [2.05, 4.69) is 5.32 Å². The van der Waals surface area contributed by atoms with E-state index in [4.69, 9.17) is 16.3 Å². The lowest BCUT2D eigenvalue weighted by molar-refractivity contribution is -0.149. The topological polar surface area (TPSA) is 110 Å². The fraction of sp³-hybridized carbons (Fsp3) is 0.200. The largest absolute Gasteiger partial charge is 0.454 e. The summed E-state index contributed by atoms with van der Waals surface area (Å²) in [5.41, 5.74) is -0.565. The number of esters is 1. The van der Waals surface area contributed by atoms with Gasteiger partial charge in [0.25, 0.3) is 11.5 Å². The van der Waals surface area contributed by atoms with E-state index in [9.17, 15) is 19.2 Å². The average Bonchev–Trinajstić information content (AvgIpc) is 2.55. The molecule has 0 radical (unpaired) electrons. The number of H-pyrrole nitrogens is 1. The highest BCUT2D eigenvalue weighted by molar-refractivity contribution is 6.31. The first kappa shape index (κ1) is 17.5. The van der Waals surface area contributed by atoms with Crippen molar-refractivity contribution < 1.29 is 14.3 Å². The number of halogens is 1. The Labute approximate surface area is 141 Å². The first-order chi connectivity index (χ1) is 11.5. The third-order valence-electron chi connectivity index (χ3n) is 2.99. The van der Waals surface area contributed by atoms with E-state index in [1.165, 1.54) is 6.20 Å². The summed E-state index contributed by atoms with van der Waals surface area (Å²) in [5.74, 6) is -1.28. The van der Waals surface area contributed by atoms with E-state index in [0.29, 0.717) is 5.02 Å². The van der Waals surface area contributed by atoms with Gasteiger partial charge in [-0.25, -0.2) is 4.79 Å². The molecule has 24 heavy (non-hydrogen) atoms. The zero-order valence-corrected chi connectivity index (χ0v) is 13.2. The molecule has 1 heterocycles. The minimum absolute atomic E-state index is 0.204. The number of rotatable bonds is 6. The van der Waals surface area contributed by atoms with Crippen LogP contribution in [0.3, 0.4) is 0 Å². The van der Waals surface area contributed by atoms with Crippen molar-refractivity contribution in [1.29, 1.82) is 0 Å². The first-order valence-corrected chi connectivity index (χ1v) is 7.29. The molecule has 126 valence electrons. The second-order valence-corrected chi connectivity index (χ2v) is 5.17. The fourth-order valence-corrected chi connectivity index (χ4v) is 1.99. The molecule has 2 aromatic rings. The molecule has 0 saturated heterocycles. The minimum atomic E-state index is -0.781. The third-order valence-corrected chi connectivity index (χ3v) is 3.36. The predicted octanol–water partition coefficient (Wildman–Crippen LogP) is 0.0496. The molecule has 0 aliphatic carbocycles. The number of ether oxygens (including phenoxy) is 1. The average molecular weight is 352 g/mol. The molecule has 1 aromatic carbocycles. The summed E-state index contributed by atoms with van der Waals surface area (Å²) in [5, 5.41) is 3.08. The van der Waals surface area contributed by atoms with Gasteiger partial charge in [0.1, 0.15) is 6.54 Å². The van der Waals surface area contributed by atoms with Crippen LogP contribution in [0.4, 0.5) is 0 Å². The summed E-state index contributed by atoms with van der Waals surface area (Å²) in [6, 6.07) is 8.12. The Hall–Kier alpha value is -2.87. The molecule has 0 aliphatic rings. The molecule has 1 amide bonds. The van der Waals surface area contributed by atoms with Crippen LogP contribution in [0.5, 0.6) is 0 Å². The van der Waals surface area contributed by atoms with Crippen LogP contribution in [0.2, 0.25) is 5.02 Å². The number of benzene rings is 1. The maximum absolute atomic E-state index is 11.6.